The van der Waals surface area contributed by atoms with Gasteiger partial charge in [-0.15, -0.1) is 10.2 Å². The van der Waals surface area contributed by atoms with Gasteiger partial charge in [-0.25, -0.2) is 8.42 Å². The first-order valence-electron chi connectivity index (χ1n) is 8.83. The van der Waals surface area contributed by atoms with E-state index >= 15 is 0 Å². The first-order valence-corrected chi connectivity index (χ1v) is 11.1. The fourth-order valence-corrected chi connectivity index (χ4v) is 5.28. The number of hydrogen-bond donors (Lipinski definition) is 1. The molecule has 27 heavy (non-hydrogen) atoms. The number of nitrogens with zero attached hydrogens (tertiary/aromatic N) is 3. The summed E-state index contributed by atoms with van der Waals surface area (Å²) < 4.78 is 32.3. The fourth-order valence-electron chi connectivity index (χ4n) is 2.72. The zero-order valence-electron chi connectivity index (χ0n) is 15.0. The normalized spacial score (nSPS) is 17.1. The van der Waals surface area contributed by atoms with E-state index in [1.807, 2.05) is 18.2 Å². The highest BCUT2D eigenvalue weighted by Crippen LogP contribution is 2.25. The summed E-state index contributed by atoms with van der Waals surface area (Å²) >= 11 is 0.853. The van der Waals surface area contributed by atoms with Crippen molar-refractivity contribution in [2.24, 2.45) is 0 Å². The molecule has 1 fully saturated rings. The molecule has 1 aromatic heterocycles. The summed E-state index contributed by atoms with van der Waals surface area (Å²) in [5.74, 6) is 0.149. The molecular weight excluding hydrogens is 388 g/mol. The molecule has 0 radical (unpaired) electrons. The minimum absolute atomic E-state index is 0.101. The molecule has 1 aromatic carbocycles. The average molecular weight is 411 g/mol. The van der Waals surface area contributed by atoms with Crippen LogP contribution < -0.4 is 10.1 Å². The van der Waals surface area contributed by atoms with Gasteiger partial charge in [0.2, 0.25) is 9.47 Å². The molecule has 1 aliphatic rings. The number of carbonyl (C=O) groups is 1. The first-order chi connectivity index (χ1) is 13.0. The van der Waals surface area contributed by atoms with Crippen molar-refractivity contribution < 1.29 is 17.9 Å². The molecule has 2 heterocycles. The van der Waals surface area contributed by atoms with Crippen molar-refractivity contribution >= 4 is 32.4 Å². The third kappa shape index (κ3) is 5.02. The molecule has 0 bridgehead atoms. The molecule has 1 saturated heterocycles. The highest BCUT2D eigenvalue weighted by molar-refractivity contribution is 7.91. The van der Waals surface area contributed by atoms with E-state index in [0.29, 0.717) is 18.8 Å². The van der Waals surface area contributed by atoms with Gasteiger partial charge in [0.05, 0.1) is 0 Å². The van der Waals surface area contributed by atoms with Crippen molar-refractivity contribution in [3.05, 3.63) is 30.3 Å². The Morgan fingerprint density at radius 3 is 2.48 bits per heavy atom. The van der Waals surface area contributed by atoms with Crippen LogP contribution in [0.5, 0.6) is 5.75 Å². The minimum atomic E-state index is -3.67. The van der Waals surface area contributed by atoms with Gasteiger partial charge in [-0.05, 0) is 31.9 Å². The predicted octanol–water partition coefficient (Wildman–Crippen LogP) is 2.51. The lowest BCUT2D eigenvalue weighted by Crippen LogP contribution is -2.31. The Morgan fingerprint density at radius 1 is 1.15 bits per heavy atom. The van der Waals surface area contributed by atoms with Crippen molar-refractivity contribution in [1.82, 2.24) is 14.5 Å². The molecule has 0 saturated carbocycles. The molecule has 0 aliphatic carbocycles. The third-order valence-corrected chi connectivity index (χ3v) is 7.27. The maximum atomic E-state index is 12.7. The zero-order valence-corrected chi connectivity index (χ0v) is 16.6. The Kier molecular flexibility index (Phi) is 6.40. The molecule has 146 valence electrons. The second-order valence-electron chi connectivity index (χ2n) is 6.25. The van der Waals surface area contributed by atoms with Gasteiger partial charge < -0.3 is 4.74 Å². The van der Waals surface area contributed by atoms with Crippen LogP contribution in [0.25, 0.3) is 0 Å². The molecule has 1 aliphatic heterocycles. The van der Waals surface area contributed by atoms with E-state index in [1.165, 1.54) is 4.31 Å². The topological polar surface area (TPSA) is 101 Å². The molecule has 1 N–H and O–H groups in total. The van der Waals surface area contributed by atoms with E-state index in [4.69, 9.17) is 4.74 Å². The van der Waals surface area contributed by atoms with Crippen LogP contribution in [-0.2, 0) is 14.8 Å². The highest BCUT2D eigenvalue weighted by atomic mass is 32.2. The SMILES string of the molecule is C[C@@H](Oc1ccccc1)C(=O)Nc1nnc(S(=O)(=O)N2CCCCCC2)s1. The van der Waals surface area contributed by atoms with E-state index < -0.39 is 22.0 Å². The molecule has 8 nitrogen and oxygen atoms in total. The number of anilines is 1. The lowest BCUT2D eigenvalue weighted by Gasteiger charge is -2.17. The van der Waals surface area contributed by atoms with Gasteiger partial charge in [0.15, 0.2) is 6.10 Å². The van der Waals surface area contributed by atoms with E-state index in [0.717, 1.165) is 37.0 Å². The Balaban J connectivity index is 1.63. The lowest BCUT2D eigenvalue weighted by atomic mass is 10.2. The van der Waals surface area contributed by atoms with E-state index in [9.17, 15) is 13.2 Å². The second-order valence-corrected chi connectivity index (χ2v) is 9.34. The number of amides is 1. The summed E-state index contributed by atoms with van der Waals surface area (Å²) in [6.45, 7) is 2.59. The van der Waals surface area contributed by atoms with E-state index in [2.05, 4.69) is 15.5 Å². The van der Waals surface area contributed by atoms with Crippen molar-refractivity contribution in [1.29, 1.82) is 0 Å². The summed E-state index contributed by atoms with van der Waals surface area (Å²) in [5.41, 5.74) is 0. The van der Waals surface area contributed by atoms with Gasteiger partial charge >= 0.3 is 0 Å². The number of nitrogens with one attached hydrogen (secondary N) is 1. The Hall–Kier alpha value is -2.04. The van der Waals surface area contributed by atoms with Crippen LogP contribution in [0.2, 0.25) is 0 Å². The van der Waals surface area contributed by atoms with Crippen LogP contribution in [0.1, 0.15) is 32.6 Å². The maximum absolute atomic E-state index is 12.7. The Bertz CT molecular complexity index is 862. The zero-order chi connectivity index (χ0) is 19.3. The molecular formula is C17H22N4O4S2. The van der Waals surface area contributed by atoms with Crippen molar-refractivity contribution in [2.45, 2.75) is 43.1 Å². The van der Waals surface area contributed by atoms with Crippen molar-refractivity contribution in [2.75, 3.05) is 18.4 Å². The van der Waals surface area contributed by atoms with E-state index in [1.54, 1.807) is 19.1 Å². The first kappa shape index (κ1) is 19.7. The van der Waals surface area contributed by atoms with Crippen LogP contribution >= 0.6 is 11.3 Å². The van der Waals surface area contributed by atoms with E-state index in [-0.39, 0.29) is 9.47 Å². The molecule has 2 aromatic rings. The molecule has 0 spiro atoms. The molecule has 0 unspecified atom stereocenters. The van der Waals surface area contributed by atoms with Gasteiger partial charge in [-0.1, -0.05) is 42.4 Å². The molecule has 3 rings (SSSR count). The lowest BCUT2D eigenvalue weighted by molar-refractivity contribution is -0.122. The summed E-state index contributed by atoms with van der Waals surface area (Å²) in [7, 11) is -3.67. The standard InChI is InChI=1S/C17H22N4O4S2/c1-13(25-14-9-5-4-6-10-14)15(22)18-16-19-20-17(26-16)27(23,24)21-11-7-2-3-8-12-21/h4-6,9-10,13H,2-3,7-8,11-12H2,1H3,(H,18,19,22)/t13-/m1/s1. The van der Waals surface area contributed by atoms with Gasteiger partial charge in [0.1, 0.15) is 5.75 Å². The van der Waals surface area contributed by atoms with Gasteiger partial charge in [0, 0.05) is 13.1 Å². The Labute approximate surface area is 162 Å². The summed E-state index contributed by atoms with van der Waals surface area (Å²) in [6.07, 6.45) is 2.99. The smallest absolute Gasteiger partial charge is 0.272 e. The molecule has 10 heteroatoms. The largest absolute Gasteiger partial charge is 0.481 e. The monoisotopic (exact) mass is 410 g/mol. The number of sulfonamides is 1. The number of benzene rings is 1. The quantitative estimate of drug-likeness (QED) is 0.734. The summed E-state index contributed by atoms with van der Waals surface area (Å²) in [6, 6.07) is 8.97. The van der Waals surface area contributed by atoms with Crippen molar-refractivity contribution in [3.8, 4) is 5.75 Å². The summed E-state index contributed by atoms with van der Waals surface area (Å²) in [4.78, 5) is 12.3. The number of ether oxygens (including phenoxy) is 1. The maximum Gasteiger partial charge on any atom is 0.272 e. The van der Waals surface area contributed by atoms with Crippen LogP contribution in [0, 0.1) is 0 Å². The minimum Gasteiger partial charge on any atom is -0.481 e. The van der Waals surface area contributed by atoms with Crippen LogP contribution in [-0.4, -0.2) is 48.0 Å². The number of rotatable bonds is 6. The number of carbonyl (C=O) groups excluding carboxylic acids is 1. The van der Waals surface area contributed by atoms with Crippen LogP contribution in [0.3, 0.4) is 0 Å². The van der Waals surface area contributed by atoms with Crippen LogP contribution in [0.4, 0.5) is 5.13 Å². The second kappa shape index (κ2) is 8.77. The predicted molar refractivity (Wildman–Crippen MR) is 102 cm³/mol. The molecule has 1 amide bonds. The third-order valence-electron chi connectivity index (χ3n) is 4.19. The number of aromatic nitrogens is 2. The Morgan fingerprint density at radius 2 is 1.81 bits per heavy atom. The number of para-hydroxylation sites is 1. The summed E-state index contributed by atoms with van der Waals surface area (Å²) in [5, 5.41) is 10.3. The fraction of sp³-hybridized carbons (Fsp3) is 0.471. The van der Waals surface area contributed by atoms with Gasteiger partial charge in [-0.2, -0.15) is 4.31 Å². The average Bonchev–Trinajstić information content (AvgIpc) is 2.95. The number of hydrogen-bond acceptors (Lipinski definition) is 7. The molecule has 1 atom stereocenters. The van der Waals surface area contributed by atoms with Crippen molar-refractivity contribution in [3.63, 3.8) is 0 Å². The van der Waals surface area contributed by atoms with Gasteiger partial charge in [0.25, 0.3) is 15.9 Å². The highest BCUT2D eigenvalue weighted by Gasteiger charge is 2.29. The van der Waals surface area contributed by atoms with Crippen LogP contribution in [0.15, 0.2) is 34.7 Å². The van der Waals surface area contributed by atoms with Gasteiger partial charge in [-0.3, -0.25) is 10.1 Å².